The van der Waals surface area contributed by atoms with Crippen molar-refractivity contribution in [3.8, 4) is 72.4 Å². The molecule has 3 heterocycles. The van der Waals surface area contributed by atoms with Gasteiger partial charge in [-0.1, -0.05) is 279 Å². The van der Waals surface area contributed by atoms with E-state index in [1.54, 1.807) is 4.57 Å². The van der Waals surface area contributed by atoms with Crippen molar-refractivity contribution in [3.05, 3.63) is 315 Å². The fourth-order valence-electron chi connectivity index (χ4n) is 12.9. The summed E-state index contributed by atoms with van der Waals surface area (Å²) in [6, 6.07) is 89.7. The van der Waals surface area contributed by atoms with Crippen molar-refractivity contribution >= 4 is 79.0 Å². The molecule has 0 atom stereocenters. The molecule has 0 radical (unpaired) electrons. The van der Waals surface area contributed by atoms with E-state index in [1.807, 2.05) is 36.4 Å². The number of nitrogens with zero attached hydrogens (tertiary/aromatic N) is 3. The summed E-state index contributed by atoms with van der Waals surface area (Å²) in [6.07, 6.45) is 0. The quantitative estimate of drug-likeness (QED) is 0.134. The van der Waals surface area contributed by atoms with Gasteiger partial charge < -0.3 is 14.4 Å². The van der Waals surface area contributed by atoms with Crippen LogP contribution in [-0.4, -0.2) is 11.3 Å². The van der Waals surface area contributed by atoms with E-state index in [2.05, 4.69) is 240 Å². The molecule has 0 saturated heterocycles. The molecule has 0 amide bonds. The summed E-state index contributed by atoms with van der Waals surface area (Å²) in [7, 11) is 0. The normalized spacial score (nSPS) is 13.7. The fraction of sp³-hybridized carbons (Fsp3) is 0. The van der Waals surface area contributed by atoms with Crippen LogP contribution in [0.3, 0.4) is 0 Å². The van der Waals surface area contributed by atoms with Crippen LogP contribution in [0.2, 0.25) is 0 Å². The second-order valence-electron chi connectivity index (χ2n) is 20.9. The standard InChI is InChI=1S/C78H52BN3/c1-7-25-53(26-8-1)59-45-47-68-72(49-59)81(77-62(55-29-11-3-12-30-55)39-23-40-63(77)56-31-13-4-14-32-56)74-51-61(80-70-43-21-19-37-66(70)67-38-20-22-44-71(67)80)52-75-76(74)79(68)69-48-46-60(54-27-9-2-10-28-54)50-73(69)82(75)78-64(57-33-15-5-16-34-57)41-24-42-65(78)58-35-17-6-18-36-58/h1-52H/i19D,20D,21D,22D,37D,38D,43D,44D. The molecule has 0 saturated carbocycles. The Balaban J connectivity index is 1.15. The van der Waals surface area contributed by atoms with Gasteiger partial charge >= 0.3 is 0 Å². The van der Waals surface area contributed by atoms with Crippen molar-refractivity contribution in [2.75, 3.05) is 9.80 Å². The fourth-order valence-corrected chi connectivity index (χ4v) is 12.9. The van der Waals surface area contributed by atoms with E-state index in [0.717, 1.165) is 117 Å². The third kappa shape index (κ3) is 7.68. The molecule has 0 bridgehead atoms. The van der Waals surface area contributed by atoms with Crippen LogP contribution >= 0.6 is 0 Å². The van der Waals surface area contributed by atoms with Gasteiger partial charge in [-0.2, -0.15) is 0 Å². The van der Waals surface area contributed by atoms with Crippen LogP contribution in [0, 0.1) is 0 Å². The minimum atomic E-state index is -0.506. The average Bonchev–Trinajstić information content (AvgIpc) is 1.18. The molecule has 0 aliphatic carbocycles. The average molecular weight is 1050 g/mol. The van der Waals surface area contributed by atoms with Crippen molar-refractivity contribution < 1.29 is 11.0 Å². The van der Waals surface area contributed by atoms with Gasteiger partial charge in [-0.25, -0.2) is 0 Å². The highest BCUT2D eigenvalue weighted by atomic mass is 15.2. The minimum Gasteiger partial charge on any atom is -0.310 e. The maximum Gasteiger partial charge on any atom is 0.252 e. The highest BCUT2D eigenvalue weighted by Gasteiger charge is 2.45. The van der Waals surface area contributed by atoms with Gasteiger partial charge in [0, 0.05) is 55.8 Å². The Labute approximate surface area is 489 Å². The third-order valence-electron chi connectivity index (χ3n) is 16.4. The number of rotatable bonds is 9. The molecule has 382 valence electrons. The smallest absolute Gasteiger partial charge is 0.252 e. The lowest BCUT2D eigenvalue weighted by Gasteiger charge is -2.46. The van der Waals surface area contributed by atoms with Crippen molar-refractivity contribution in [2.24, 2.45) is 0 Å². The van der Waals surface area contributed by atoms with Crippen LogP contribution in [0.15, 0.2) is 315 Å². The molecular formula is C78H52BN3. The maximum atomic E-state index is 9.92. The molecule has 16 rings (SSSR count). The Hall–Kier alpha value is -10.7. The third-order valence-corrected chi connectivity index (χ3v) is 16.4. The number of fused-ring (bicyclic) bond motifs is 7. The molecular weight excluding hydrogens is 990 g/mol. The topological polar surface area (TPSA) is 11.4 Å². The van der Waals surface area contributed by atoms with Crippen LogP contribution in [0.5, 0.6) is 0 Å². The summed E-state index contributed by atoms with van der Waals surface area (Å²) in [5.74, 6) is 0. The lowest BCUT2D eigenvalue weighted by atomic mass is 9.33. The predicted octanol–water partition coefficient (Wildman–Crippen LogP) is 18.9. The Bertz CT molecular complexity index is 4790. The summed E-state index contributed by atoms with van der Waals surface area (Å²) < 4.78 is 77.6. The first-order chi connectivity index (χ1) is 44.0. The van der Waals surface area contributed by atoms with Crippen molar-refractivity contribution in [1.82, 2.24) is 4.57 Å². The summed E-state index contributed by atoms with van der Waals surface area (Å²) in [5, 5.41) is -0.00329. The van der Waals surface area contributed by atoms with Gasteiger partial charge in [0.05, 0.1) is 39.1 Å². The lowest BCUT2D eigenvalue weighted by Crippen LogP contribution is -2.61. The van der Waals surface area contributed by atoms with E-state index >= 15 is 0 Å². The molecule has 2 aliphatic heterocycles. The molecule has 4 heteroatoms. The number of hydrogen-bond acceptors (Lipinski definition) is 2. The summed E-state index contributed by atoms with van der Waals surface area (Å²) in [6.45, 7) is -0.433. The van der Waals surface area contributed by atoms with Crippen LogP contribution in [0.1, 0.15) is 11.0 Å². The molecule has 2 aliphatic rings. The highest BCUT2D eigenvalue weighted by Crippen LogP contribution is 2.54. The van der Waals surface area contributed by atoms with Crippen molar-refractivity contribution in [1.29, 1.82) is 0 Å². The Morgan fingerprint density at radius 2 is 0.610 bits per heavy atom. The zero-order valence-corrected chi connectivity index (χ0v) is 44.3. The van der Waals surface area contributed by atoms with Gasteiger partial charge in [-0.3, -0.25) is 0 Å². The van der Waals surface area contributed by atoms with Gasteiger partial charge in [0.15, 0.2) is 0 Å². The largest absolute Gasteiger partial charge is 0.310 e. The van der Waals surface area contributed by atoms with Crippen LogP contribution in [-0.2, 0) is 0 Å². The Morgan fingerprint density at radius 3 is 0.963 bits per heavy atom. The molecule has 82 heavy (non-hydrogen) atoms. The van der Waals surface area contributed by atoms with Gasteiger partial charge in [-0.15, -0.1) is 0 Å². The molecule has 0 unspecified atom stereocenters. The molecule has 0 fully saturated rings. The van der Waals surface area contributed by atoms with Crippen LogP contribution in [0.25, 0.3) is 94.3 Å². The van der Waals surface area contributed by atoms with Crippen LogP contribution in [0.4, 0.5) is 34.1 Å². The first-order valence-corrected chi connectivity index (χ1v) is 27.7. The molecule has 0 N–H and O–H groups in total. The first-order valence-electron chi connectivity index (χ1n) is 31.7. The Kier molecular flexibility index (Phi) is 9.48. The monoisotopic (exact) mass is 1050 g/mol. The minimum absolute atomic E-state index is 0.00164. The van der Waals surface area contributed by atoms with E-state index in [1.165, 1.54) is 0 Å². The number of hydrogen-bond donors (Lipinski definition) is 0. The number of anilines is 6. The molecule has 1 aromatic heterocycles. The molecule has 0 spiro atoms. The van der Waals surface area contributed by atoms with E-state index < -0.39 is 43.0 Å². The van der Waals surface area contributed by atoms with Gasteiger partial charge in [0.1, 0.15) is 0 Å². The van der Waals surface area contributed by atoms with Gasteiger partial charge in [0.25, 0.3) is 6.71 Å². The van der Waals surface area contributed by atoms with E-state index in [4.69, 9.17) is 2.74 Å². The van der Waals surface area contributed by atoms with Gasteiger partial charge in [0.2, 0.25) is 0 Å². The Morgan fingerprint density at radius 1 is 0.280 bits per heavy atom. The highest BCUT2D eigenvalue weighted by molar-refractivity contribution is 7.00. The predicted molar refractivity (Wildman–Crippen MR) is 347 cm³/mol. The maximum absolute atomic E-state index is 9.92. The van der Waals surface area contributed by atoms with Crippen molar-refractivity contribution in [3.63, 3.8) is 0 Å². The number of para-hydroxylation sites is 4. The zero-order valence-electron chi connectivity index (χ0n) is 52.3. The second kappa shape index (κ2) is 19.6. The van der Waals surface area contributed by atoms with E-state index in [-0.39, 0.29) is 33.9 Å². The first kappa shape index (κ1) is 39.6. The molecule has 3 nitrogen and oxygen atoms in total. The van der Waals surface area contributed by atoms with Crippen molar-refractivity contribution in [2.45, 2.75) is 0 Å². The van der Waals surface area contributed by atoms with Crippen LogP contribution < -0.4 is 26.2 Å². The summed E-state index contributed by atoms with van der Waals surface area (Å²) >= 11 is 0. The number of aromatic nitrogens is 1. The lowest BCUT2D eigenvalue weighted by molar-refractivity contribution is 1.16. The molecule has 14 aromatic rings. The molecule has 13 aromatic carbocycles. The summed E-state index contributed by atoms with van der Waals surface area (Å²) in [5.41, 5.74) is 20.4. The zero-order chi connectivity index (χ0) is 61.1. The number of benzene rings is 13. The SMILES string of the molecule is [2H]c1c([2H])c([2H])c2c(c1[2H])c1c([2H])c([2H])c([2H])c([2H])c1n2-c1cc2c3c(c1)N(c1c(-c4ccccc4)cccc1-c1ccccc1)c1cc(-c4ccccc4)ccc1B3c1ccc(-c3ccccc3)cc1N2c1c(-c2ccccc2)cccc1-c1ccccc1. The summed E-state index contributed by atoms with van der Waals surface area (Å²) in [4.78, 5) is 4.79. The second-order valence-corrected chi connectivity index (χ2v) is 20.9. The van der Waals surface area contributed by atoms with E-state index in [0.29, 0.717) is 5.69 Å². The van der Waals surface area contributed by atoms with Gasteiger partial charge in [-0.05, 0) is 97.2 Å². The van der Waals surface area contributed by atoms with E-state index in [9.17, 15) is 8.22 Å².